The number of rotatable bonds is 8. The number of nitrogens with zero attached hydrogens (tertiary/aromatic N) is 1. The van der Waals surface area contributed by atoms with Gasteiger partial charge in [0.15, 0.2) is 0 Å². The van der Waals surface area contributed by atoms with Crippen molar-refractivity contribution in [2.75, 3.05) is 18.1 Å². The molecule has 3 aromatic rings. The maximum absolute atomic E-state index is 13.0. The third-order valence-electron chi connectivity index (χ3n) is 4.66. The van der Waals surface area contributed by atoms with Crippen molar-refractivity contribution in [2.24, 2.45) is 0 Å². The number of thioether (sulfide) groups is 1. The third kappa shape index (κ3) is 5.30. The monoisotopic (exact) mass is 440 g/mol. The zero-order valence-corrected chi connectivity index (χ0v) is 18.5. The SMILES string of the molecule is CCN(Cc1ccccc1)S(=O)(=O)c1ccc(C(=O)Nc2ccc(SC)cc2)cc1. The first-order valence-corrected chi connectivity index (χ1v) is 12.2. The van der Waals surface area contributed by atoms with Gasteiger partial charge in [-0.1, -0.05) is 37.3 Å². The average molecular weight is 441 g/mol. The maximum atomic E-state index is 13.0. The molecule has 3 aromatic carbocycles. The molecule has 5 nitrogen and oxygen atoms in total. The minimum absolute atomic E-state index is 0.168. The number of benzene rings is 3. The van der Waals surface area contributed by atoms with Crippen LogP contribution in [0.5, 0.6) is 0 Å². The van der Waals surface area contributed by atoms with E-state index < -0.39 is 10.0 Å². The maximum Gasteiger partial charge on any atom is 0.255 e. The number of anilines is 1. The number of carbonyl (C=O) groups excluding carboxylic acids is 1. The minimum Gasteiger partial charge on any atom is -0.322 e. The molecule has 0 aliphatic heterocycles. The van der Waals surface area contributed by atoms with Gasteiger partial charge in [-0.25, -0.2) is 8.42 Å². The fourth-order valence-corrected chi connectivity index (χ4v) is 4.80. The minimum atomic E-state index is -3.66. The molecule has 3 rings (SSSR count). The van der Waals surface area contributed by atoms with Crippen molar-refractivity contribution in [3.05, 3.63) is 90.0 Å². The lowest BCUT2D eigenvalue weighted by molar-refractivity contribution is 0.102. The number of hydrogen-bond acceptors (Lipinski definition) is 4. The molecule has 156 valence electrons. The number of hydrogen-bond donors (Lipinski definition) is 1. The summed E-state index contributed by atoms with van der Waals surface area (Å²) in [5.74, 6) is -0.285. The van der Waals surface area contributed by atoms with E-state index in [1.807, 2.05) is 67.8 Å². The zero-order valence-electron chi connectivity index (χ0n) is 16.9. The van der Waals surface area contributed by atoms with Crippen molar-refractivity contribution in [1.29, 1.82) is 0 Å². The van der Waals surface area contributed by atoms with Crippen molar-refractivity contribution < 1.29 is 13.2 Å². The van der Waals surface area contributed by atoms with Gasteiger partial charge in [-0.2, -0.15) is 4.31 Å². The lowest BCUT2D eigenvalue weighted by atomic mass is 10.2. The van der Waals surface area contributed by atoms with E-state index in [0.717, 1.165) is 10.5 Å². The number of amides is 1. The van der Waals surface area contributed by atoms with Crippen LogP contribution in [0.3, 0.4) is 0 Å². The zero-order chi connectivity index (χ0) is 21.6. The van der Waals surface area contributed by atoms with E-state index in [2.05, 4.69) is 5.32 Å². The summed E-state index contributed by atoms with van der Waals surface area (Å²) in [7, 11) is -3.66. The van der Waals surface area contributed by atoms with Gasteiger partial charge in [-0.3, -0.25) is 4.79 Å². The van der Waals surface area contributed by atoms with Crippen LogP contribution in [-0.2, 0) is 16.6 Å². The highest BCUT2D eigenvalue weighted by atomic mass is 32.2. The fraction of sp³-hybridized carbons (Fsp3) is 0.174. The molecule has 0 heterocycles. The molecule has 0 saturated heterocycles. The largest absolute Gasteiger partial charge is 0.322 e. The second-order valence-corrected chi connectivity index (χ2v) is 9.44. The van der Waals surface area contributed by atoms with Gasteiger partial charge in [-0.15, -0.1) is 11.8 Å². The predicted molar refractivity (Wildman–Crippen MR) is 122 cm³/mol. The highest BCUT2D eigenvalue weighted by Gasteiger charge is 2.23. The topological polar surface area (TPSA) is 66.5 Å². The quantitative estimate of drug-likeness (QED) is 0.508. The highest BCUT2D eigenvalue weighted by molar-refractivity contribution is 7.98. The number of carbonyl (C=O) groups is 1. The Morgan fingerprint density at radius 1 is 0.933 bits per heavy atom. The van der Waals surface area contributed by atoms with Crippen LogP contribution < -0.4 is 5.32 Å². The molecule has 0 fully saturated rings. The second kappa shape index (κ2) is 9.93. The molecule has 1 N–H and O–H groups in total. The van der Waals surface area contributed by atoms with Crippen LogP contribution in [0, 0.1) is 0 Å². The second-order valence-electron chi connectivity index (χ2n) is 6.62. The van der Waals surface area contributed by atoms with Crippen LogP contribution >= 0.6 is 11.8 Å². The van der Waals surface area contributed by atoms with Crippen LogP contribution in [0.2, 0.25) is 0 Å². The van der Waals surface area contributed by atoms with Crippen LogP contribution in [0.4, 0.5) is 5.69 Å². The van der Waals surface area contributed by atoms with E-state index in [1.165, 1.54) is 28.6 Å². The normalized spacial score (nSPS) is 11.4. The van der Waals surface area contributed by atoms with Gasteiger partial charge in [0.05, 0.1) is 4.90 Å². The van der Waals surface area contributed by atoms with Gasteiger partial charge in [0.1, 0.15) is 0 Å². The van der Waals surface area contributed by atoms with Crippen molar-refractivity contribution in [2.45, 2.75) is 23.3 Å². The molecule has 0 atom stereocenters. The van der Waals surface area contributed by atoms with E-state index in [4.69, 9.17) is 0 Å². The molecule has 0 aliphatic rings. The molecule has 0 bridgehead atoms. The Morgan fingerprint density at radius 3 is 2.13 bits per heavy atom. The number of nitrogens with one attached hydrogen (secondary N) is 1. The standard InChI is InChI=1S/C23H24N2O3S2/c1-3-25(17-18-7-5-4-6-8-18)30(27,28)22-15-9-19(10-16-22)23(26)24-20-11-13-21(29-2)14-12-20/h4-16H,3,17H2,1-2H3,(H,24,26). The lowest BCUT2D eigenvalue weighted by Gasteiger charge is -2.20. The van der Waals surface area contributed by atoms with E-state index >= 15 is 0 Å². The first-order valence-electron chi connectivity index (χ1n) is 9.53. The molecule has 0 unspecified atom stereocenters. The van der Waals surface area contributed by atoms with Gasteiger partial charge in [-0.05, 0) is 60.4 Å². The lowest BCUT2D eigenvalue weighted by Crippen LogP contribution is -2.30. The Kier molecular flexibility index (Phi) is 7.31. The summed E-state index contributed by atoms with van der Waals surface area (Å²) in [6.07, 6.45) is 1.99. The molecule has 0 aliphatic carbocycles. The first-order chi connectivity index (χ1) is 14.4. The van der Waals surface area contributed by atoms with E-state index in [1.54, 1.807) is 11.8 Å². The van der Waals surface area contributed by atoms with Crippen molar-refractivity contribution in [3.63, 3.8) is 0 Å². The molecule has 30 heavy (non-hydrogen) atoms. The highest BCUT2D eigenvalue weighted by Crippen LogP contribution is 2.21. The molecule has 0 spiro atoms. The summed E-state index contributed by atoms with van der Waals surface area (Å²) in [6.45, 7) is 2.46. The van der Waals surface area contributed by atoms with E-state index in [0.29, 0.717) is 24.3 Å². The van der Waals surface area contributed by atoms with Crippen molar-refractivity contribution >= 4 is 33.4 Å². The molecule has 0 radical (unpaired) electrons. The van der Waals surface area contributed by atoms with Crippen LogP contribution in [0.25, 0.3) is 0 Å². The molecule has 1 amide bonds. The Hall–Kier alpha value is -2.61. The summed E-state index contributed by atoms with van der Waals surface area (Å²) in [5.41, 5.74) is 2.01. The Morgan fingerprint density at radius 2 is 1.57 bits per heavy atom. The number of sulfonamides is 1. The Bertz CT molecular complexity index is 1080. The Balaban J connectivity index is 1.73. The predicted octanol–water partition coefficient (Wildman–Crippen LogP) is 4.87. The van der Waals surface area contributed by atoms with Gasteiger partial charge in [0, 0.05) is 29.2 Å². The molecule has 0 saturated carbocycles. The summed E-state index contributed by atoms with van der Waals surface area (Å²) >= 11 is 1.63. The average Bonchev–Trinajstić information content (AvgIpc) is 2.78. The van der Waals surface area contributed by atoms with Gasteiger partial charge < -0.3 is 5.32 Å². The summed E-state index contributed by atoms with van der Waals surface area (Å²) in [5, 5.41) is 2.83. The molecule has 7 heteroatoms. The first kappa shape index (κ1) is 22.1. The van der Waals surface area contributed by atoms with Gasteiger partial charge in [0.25, 0.3) is 5.91 Å². The summed E-state index contributed by atoms with van der Waals surface area (Å²) in [4.78, 5) is 13.8. The fourth-order valence-electron chi connectivity index (χ4n) is 2.96. The molecule has 0 aromatic heterocycles. The summed E-state index contributed by atoms with van der Waals surface area (Å²) < 4.78 is 27.5. The van der Waals surface area contributed by atoms with Crippen LogP contribution in [0.15, 0.2) is 88.7 Å². The molecular formula is C23H24N2O3S2. The van der Waals surface area contributed by atoms with Crippen LogP contribution in [-0.4, -0.2) is 31.4 Å². The van der Waals surface area contributed by atoms with E-state index in [-0.39, 0.29) is 10.8 Å². The van der Waals surface area contributed by atoms with Crippen molar-refractivity contribution in [1.82, 2.24) is 4.31 Å². The van der Waals surface area contributed by atoms with Gasteiger partial charge in [0.2, 0.25) is 10.0 Å². The van der Waals surface area contributed by atoms with Crippen molar-refractivity contribution in [3.8, 4) is 0 Å². The Labute approximate surface area is 182 Å². The van der Waals surface area contributed by atoms with E-state index in [9.17, 15) is 13.2 Å². The third-order valence-corrected chi connectivity index (χ3v) is 7.34. The smallest absolute Gasteiger partial charge is 0.255 e. The molecular weight excluding hydrogens is 416 g/mol. The summed E-state index contributed by atoms with van der Waals surface area (Å²) in [6, 6.07) is 23.0. The van der Waals surface area contributed by atoms with Crippen LogP contribution in [0.1, 0.15) is 22.8 Å². The van der Waals surface area contributed by atoms with Gasteiger partial charge >= 0.3 is 0 Å².